The highest BCUT2D eigenvalue weighted by Gasteiger charge is 2.34. The van der Waals surface area contributed by atoms with E-state index in [1.807, 2.05) is 0 Å². The van der Waals surface area contributed by atoms with E-state index in [9.17, 15) is 22.4 Å². The monoisotopic (exact) mass is 305 g/mol. The fourth-order valence-corrected chi connectivity index (χ4v) is 2.31. The van der Waals surface area contributed by atoms with Gasteiger partial charge >= 0.3 is 12.2 Å². The van der Waals surface area contributed by atoms with Crippen LogP contribution in [0.2, 0.25) is 0 Å². The zero-order valence-electron chi connectivity index (χ0n) is 11.1. The number of benzene rings is 1. The molecule has 0 aromatic heterocycles. The van der Waals surface area contributed by atoms with E-state index < -0.39 is 23.6 Å². The number of hydrogen-bond donors (Lipinski definition) is 2. The first-order chi connectivity index (χ1) is 9.77. The number of halogens is 4. The van der Waals surface area contributed by atoms with Gasteiger partial charge in [0.25, 0.3) is 0 Å². The van der Waals surface area contributed by atoms with E-state index in [0.717, 1.165) is 12.1 Å². The molecule has 0 spiro atoms. The van der Waals surface area contributed by atoms with Gasteiger partial charge in [0.05, 0.1) is 5.56 Å². The van der Waals surface area contributed by atoms with Gasteiger partial charge in [0.15, 0.2) is 0 Å². The van der Waals surface area contributed by atoms with Gasteiger partial charge in [-0.3, -0.25) is 0 Å². The Bertz CT molecular complexity index is 525. The number of anilines is 1. The van der Waals surface area contributed by atoms with Crippen LogP contribution in [-0.4, -0.2) is 30.1 Å². The fraction of sp³-hybridized carbons (Fsp3) is 0.462. The Kier molecular flexibility index (Phi) is 4.24. The summed E-state index contributed by atoms with van der Waals surface area (Å²) in [5.41, 5.74) is 4.07. The number of alkyl halides is 3. The maximum Gasteiger partial charge on any atom is 0.419 e. The standard InChI is InChI=1S/C13H15F4N3O/c14-11-2-1-9(7-10(11)13(15,16)17)19-8-3-5-20(6-4-8)12(18)21/h1-2,7-8,19H,3-6H2,(H2,18,21). The van der Waals surface area contributed by atoms with Gasteiger partial charge in [-0.05, 0) is 31.0 Å². The predicted molar refractivity (Wildman–Crippen MR) is 69.2 cm³/mol. The van der Waals surface area contributed by atoms with Crippen molar-refractivity contribution in [3.63, 3.8) is 0 Å². The van der Waals surface area contributed by atoms with Crippen LogP contribution in [0.15, 0.2) is 18.2 Å². The lowest BCUT2D eigenvalue weighted by molar-refractivity contribution is -0.139. The van der Waals surface area contributed by atoms with Crippen molar-refractivity contribution >= 4 is 11.7 Å². The van der Waals surface area contributed by atoms with Crippen LogP contribution in [0, 0.1) is 5.82 Å². The second-order valence-corrected chi connectivity index (χ2v) is 4.94. The Morgan fingerprint density at radius 2 is 1.90 bits per heavy atom. The molecule has 4 nitrogen and oxygen atoms in total. The molecule has 1 aliphatic heterocycles. The van der Waals surface area contributed by atoms with Crippen LogP contribution in [-0.2, 0) is 6.18 Å². The van der Waals surface area contributed by atoms with Crippen LogP contribution in [0.5, 0.6) is 0 Å². The molecule has 0 saturated carbocycles. The Morgan fingerprint density at radius 3 is 2.43 bits per heavy atom. The second-order valence-electron chi connectivity index (χ2n) is 4.94. The number of nitrogens with two attached hydrogens (primary N) is 1. The largest absolute Gasteiger partial charge is 0.419 e. The molecule has 1 aromatic rings. The van der Waals surface area contributed by atoms with E-state index in [1.165, 1.54) is 11.0 Å². The molecule has 0 radical (unpaired) electrons. The van der Waals surface area contributed by atoms with Gasteiger partial charge in [0, 0.05) is 24.8 Å². The minimum atomic E-state index is -4.73. The van der Waals surface area contributed by atoms with E-state index in [-0.39, 0.29) is 11.7 Å². The fourth-order valence-electron chi connectivity index (χ4n) is 2.31. The molecular weight excluding hydrogens is 290 g/mol. The Morgan fingerprint density at radius 1 is 1.29 bits per heavy atom. The number of hydrogen-bond acceptors (Lipinski definition) is 2. The summed E-state index contributed by atoms with van der Waals surface area (Å²) < 4.78 is 51.0. The molecule has 1 heterocycles. The van der Waals surface area contributed by atoms with Gasteiger partial charge < -0.3 is 16.0 Å². The number of nitrogens with one attached hydrogen (secondary N) is 1. The van der Waals surface area contributed by atoms with Crippen LogP contribution in [0.3, 0.4) is 0 Å². The summed E-state index contributed by atoms with van der Waals surface area (Å²) in [6.07, 6.45) is -3.58. The van der Waals surface area contributed by atoms with Crippen molar-refractivity contribution in [2.75, 3.05) is 18.4 Å². The lowest BCUT2D eigenvalue weighted by Crippen LogP contribution is -2.44. The first-order valence-corrected chi connectivity index (χ1v) is 6.45. The van der Waals surface area contributed by atoms with Crippen LogP contribution in [0.1, 0.15) is 18.4 Å². The Balaban J connectivity index is 2.03. The summed E-state index contributed by atoms with van der Waals surface area (Å²) >= 11 is 0. The summed E-state index contributed by atoms with van der Waals surface area (Å²) in [6, 6.07) is 2.24. The zero-order valence-corrected chi connectivity index (χ0v) is 11.1. The van der Waals surface area contributed by atoms with Crippen LogP contribution >= 0.6 is 0 Å². The number of carbonyl (C=O) groups excluding carboxylic acids is 1. The molecule has 1 saturated heterocycles. The molecule has 1 aliphatic rings. The molecule has 0 atom stereocenters. The number of piperidine rings is 1. The number of urea groups is 1. The van der Waals surface area contributed by atoms with Crippen LogP contribution in [0.4, 0.5) is 28.0 Å². The predicted octanol–water partition coefficient (Wildman–Crippen LogP) is 2.80. The highest BCUT2D eigenvalue weighted by molar-refractivity contribution is 5.72. The van der Waals surface area contributed by atoms with Gasteiger partial charge in [-0.1, -0.05) is 0 Å². The maximum absolute atomic E-state index is 13.2. The minimum Gasteiger partial charge on any atom is -0.382 e. The van der Waals surface area contributed by atoms with E-state index >= 15 is 0 Å². The van der Waals surface area contributed by atoms with Crippen LogP contribution < -0.4 is 11.1 Å². The summed E-state index contributed by atoms with van der Waals surface area (Å²) in [5.74, 6) is -1.29. The molecule has 0 unspecified atom stereocenters. The SMILES string of the molecule is NC(=O)N1CCC(Nc2ccc(F)c(C(F)(F)F)c2)CC1. The average Bonchev–Trinajstić information content (AvgIpc) is 2.40. The van der Waals surface area contributed by atoms with Crippen molar-refractivity contribution in [2.45, 2.75) is 25.1 Å². The van der Waals surface area contributed by atoms with Crippen molar-refractivity contribution < 1.29 is 22.4 Å². The normalized spacial score (nSPS) is 16.9. The summed E-state index contributed by atoms with van der Waals surface area (Å²) in [6.45, 7) is 0.890. The van der Waals surface area contributed by atoms with E-state index in [1.54, 1.807) is 0 Å². The van der Waals surface area contributed by atoms with Gasteiger partial charge in [0.1, 0.15) is 5.82 Å². The number of nitrogens with zero attached hydrogens (tertiary/aromatic N) is 1. The Labute approximate surface area is 118 Å². The van der Waals surface area contributed by atoms with E-state index in [4.69, 9.17) is 5.73 Å². The number of carbonyl (C=O) groups is 1. The zero-order chi connectivity index (χ0) is 15.6. The quantitative estimate of drug-likeness (QED) is 0.826. The summed E-state index contributed by atoms with van der Waals surface area (Å²) in [4.78, 5) is 12.4. The molecule has 2 rings (SSSR count). The lowest BCUT2D eigenvalue weighted by Gasteiger charge is -2.31. The average molecular weight is 305 g/mol. The highest BCUT2D eigenvalue weighted by Crippen LogP contribution is 2.33. The minimum absolute atomic E-state index is 0.0767. The topological polar surface area (TPSA) is 58.4 Å². The van der Waals surface area contributed by atoms with Crippen molar-refractivity contribution in [1.29, 1.82) is 0 Å². The molecule has 0 aliphatic carbocycles. The van der Waals surface area contributed by atoms with Crippen molar-refractivity contribution in [3.05, 3.63) is 29.6 Å². The first kappa shape index (κ1) is 15.4. The molecule has 1 aromatic carbocycles. The third-order valence-electron chi connectivity index (χ3n) is 3.45. The van der Waals surface area contributed by atoms with Gasteiger partial charge in [-0.2, -0.15) is 13.2 Å². The van der Waals surface area contributed by atoms with Crippen molar-refractivity contribution in [2.24, 2.45) is 5.73 Å². The molecule has 116 valence electrons. The number of rotatable bonds is 2. The van der Waals surface area contributed by atoms with Gasteiger partial charge in [-0.25, -0.2) is 9.18 Å². The van der Waals surface area contributed by atoms with Crippen molar-refractivity contribution in [1.82, 2.24) is 4.90 Å². The molecule has 21 heavy (non-hydrogen) atoms. The van der Waals surface area contributed by atoms with Gasteiger partial charge in [-0.15, -0.1) is 0 Å². The molecule has 1 fully saturated rings. The highest BCUT2D eigenvalue weighted by atomic mass is 19.4. The maximum atomic E-state index is 13.2. The second kappa shape index (κ2) is 5.79. The first-order valence-electron chi connectivity index (χ1n) is 6.45. The summed E-state index contributed by atoms with van der Waals surface area (Å²) in [7, 11) is 0. The molecular formula is C13H15F4N3O. The summed E-state index contributed by atoms with van der Waals surface area (Å²) in [5, 5.41) is 2.93. The number of amides is 2. The molecule has 0 bridgehead atoms. The molecule has 8 heteroatoms. The van der Waals surface area contributed by atoms with E-state index in [0.29, 0.717) is 25.9 Å². The molecule has 2 amide bonds. The van der Waals surface area contributed by atoms with Crippen molar-refractivity contribution in [3.8, 4) is 0 Å². The lowest BCUT2D eigenvalue weighted by atomic mass is 10.0. The van der Waals surface area contributed by atoms with E-state index in [2.05, 4.69) is 5.32 Å². The smallest absolute Gasteiger partial charge is 0.382 e. The number of primary amides is 1. The Hall–Kier alpha value is -1.99. The third kappa shape index (κ3) is 3.77. The third-order valence-corrected chi connectivity index (χ3v) is 3.45. The van der Waals surface area contributed by atoms with Crippen LogP contribution in [0.25, 0.3) is 0 Å². The van der Waals surface area contributed by atoms with Gasteiger partial charge in [0.2, 0.25) is 0 Å². The molecule has 3 N–H and O–H groups in total. The number of likely N-dealkylation sites (tertiary alicyclic amines) is 1.